The van der Waals surface area contributed by atoms with Gasteiger partial charge >= 0.3 is 0 Å². The van der Waals surface area contributed by atoms with E-state index in [1.807, 2.05) is 12.1 Å². The summed E-state index contributed by atoms with van der Waals surface area (Å²) in [5, 5.41) is 1.14. The minimum Gasteiger partial charge on any atom is -0.497 e. The van der Waals surface area contributed by atoms with E-state index in [0.29, 0.717) is 5.95 Å². The Kier molecular flexibility index (Phi) is 5.49. The third-order valence-corrected chi connectivity index (χ3v) is 4.29. The first kappa shape index (κ1) is 17.2. The van der Waals surface area contributed by atoms with Crippen LogP contribution in [0.5, 0.6) is 5.75 Å². The van der Waals surface area contributed by atoms with Crippen LogP contribution < -0.4 is 4.74 Å². The number of benzene rings is 1. The molecule has 4 nitrogen and oxygen atoms in total. The number of unbranched alkanes of at least 4 members (excludes halogenated alkanes) is 1. The fourth-order valence-corrected chi connectivity index (χ4v) is 3.10. The monoisotopic (exact) mass is 335 g/mol. The highest BCUT2D eigenvalue weighted by molar-refractivity contribution is 5.88. The molecule has 0 aliphatic heterocycles. The van der Waals surface area contributed by atoms with E-state index in [2.05, 4.69) is 52.7 Å². The minimum absolute atomic E-state index is 0.705. The molecule has 0 amide bonds. The lowest BCUT2D eigenvalue weighted by atomic mass is 10.0. The van der Waals surface area contributed by atoms with Crippen LogP contribution in [0.15, 0.2) is 48.8 Å². The molecule has 0 saturated carbocycles. The molecule has 4 heteroatoms. The second-order valence-corrected chi connectivity index (χ2v) is 6.11. The van der Waals surface area contributed by atoms with Crippen molar-refractivity contribution < 1.29 is 4.74 Å². The lowest BCUT2D eigenvalue weighted by Crippen LogP contribution is -2.04. The summed E-state index contributed by atoms with van der Waals surface area (Å²) in [6, 6.07) is 10.2. The maximum atomic E-state index is 5.39. The van der Waals surface area contributed by atoms with Gasteiger partial charge in [0.15, 0.2) is 0 Å². The molecule has 3 rings (SSSR count). The summed E-state index contributed by atoms with van der Waals surface area (Å²) in [6.45, 7) is 4.43. The normalized spacial score (nSPS) is 11.9. The van der Waals surface area contributed by atoms with Gasteiger partial charge in [-0.05, 0) is 48.7 Å². The minimum atomic E-state index is 0.705. The van der Waals surface area contributed by atoms with Crippen molar-refractivity contribution in [3.63, 3.8) is 0 Å². The Hall–Kier alpha value is -2.62. The van der Waals surface area contributed by atoms with Crippen molar-refractivity contribution in [3.8, 4) is 11.7 Å². The first-order chi connectivity index (χ1) is 12.3. The van der Waals surface area contributed by atoms with Crippen molar-refractivity contribution in [2.24, 2.45) is 0 Å². The Balaban J connectivity index is 2.25. The molecule has 130 valence electrons. The molecule has 1 aromatic carbocycles. The highest BCUT2D eigenvalue weighted by Crippen LogP contribution is 2.32. The van der Waals surface area contributed by atoms with E-state index in [1.54, 1.807) is 19.5 Å². The van der Waals surface area contributed by atoms with Crippen LogP contribution in [0.2, 0.25) is 0 Å². The second-order valence-electron chi connectivity index (χ2n) is 6.11. The van der Waals surface area contributed by atoms with Crippen molar-refractivity contribution in [3.05, 3.63) is 54.5 Å². The van der Waals surface area contributed by atoms with Gasteiger partial charge in [0.25, 0.3) is 0 Å². The lowest BCUT2D eigenvalue weighted by Gasteiger charge is -2.12. The van der Waals surface area contributed by atoms with Crippen LogP contribution in [0.1, 0.15) is 45.2 Å². The van der Waals surface area contributed by atoms with Gasteiger partial charge in [-0.2, -0.15) is 0 Å². The molecular weight excluding hydrogens is 310 g/mol. The van der Waals surface area contributed by atoms with Gasteiger partial charge in [0.05, 0.1) is 18.3 Å². The summed E-state index contributed by atoms with van der Waals surface area (Å²) in [7, 11) is 1.70. The summed E-state index contributed by atoms with van der Waals surface area (Å²) >= 11 is 0. The zero-order valence-corrected chi connectivity index (χ0v) is 15.2. The van der Waals surface area contributed by atoms with Gasteiger partial charge in [-0.25, -0.2) is 9.97 Å². The van der Waals surface area contributed by atoms with E-state index in [4.69, 9.17) is 4.74 Å². The fourth-order valence-electron chi connectivity index (χ4n) is 3.10. The van der Waals surface area contributed by atoms with E-state index in [0.717, 1.165) is 42.3 Å². The summed E-state index contributed by atoms with van der Waals surface area (Å²) in [5.41, 5.74) is 3.62. The lowest BCUT2D eigenvalue weighted by molar-refractivity contribution is 0.415. The van der Waals surface area contributed by atoms with Crippen molar-refractivity contribution in [2.75, 3.05) is 7.11 Å². The van der Waals surface area contributed by atoms with Gasteiger partial charge in [-0.1, -0.05) is 32.8 Å². The number of methoxy groups -OCH3 is 1. The van der Waals surface area contributed by atoms with Gasteiger partial charge in [0.2, 0.25) is 5.95 Å². The van der Waals surface area contributed by atoms with Crippen LogP contribution in [0.25, 0.3) is 22.4 Å². The van der Waals surface area contributed by atoms with Gasteiger partial charge in [-0.3, -0.25) is 4.57 Å². The summed E-state index contributed by atoms with van der Waals surface area (Å²) in [4.78, 5) is 8.98. The number of hydrogen-bond acceptors (Lipinski definition) is 3. The SMILES string of the molecule is CCC/C=C(\CCC)c1cc2cc(OC)ccc2n1-c1ncccn1. The third-order valence-electron chi connectivity index (χ3n) is 4.29. The molecule has 0 bridgehead atoms. The van der Waals surface area contributed by atoms with Gasteiger partial charge < -0.3 is 4.74 Å². The van der Waals surface area contributed by atoms with Crippen LogP contribution in [-0.2, 0) is 0 Å². The Morgan fingerprint density at radius 1 is 1.12 bits per heavy atom. The molecule has 0 aliphatic rings. The van der Waals surface area contributed by atoms with Crippen LogP contribution in [0.4, 0.5) is 0 Å². The molecular formula is C21H25N3O. The van der Waals surface area contributed by atoms with Gasteiger partial charge in [-0.15, -0.1) is 0 Å². The maximum absolute atomic E-state index is 5.39. The highest BCUT2D eigenvalue weighted by atomic mass is 16.5. The smallest absolute Gasteiger partial charge is 0.234 e. The Morgan fingerprint density at radius 3 is 2.60 bits per heavy atom. The molecule has 25 heavy (non-hydrogen) atoms. The molecule has 0 aliphatic carbocycles. The standard InChI is InChI=1S/C21H25N3O/c1-4-6-9-16(8-5-2)20-15-17-14-18(25-3)10-11-19(17)24(20)21-22-12-7-13-23-21/h7,9-15H,4-6,8H2,1-3H3/b16-9+. The average molecular weight is 335 g/mol. The summed E-state index contributed by atoms with van der Waals surface area (Å²) in [6.07, 6.45) is 10.3. The summed E-state index contributed by atoms with van der Waals surface area (Å²) in [5.74, 6) is 1.57. The van der Waals surface area contributed by atoms with Crippen molar-refractivity contribution in [2.45, 2.75) is 39.5 Å². The van der Waals surface area contributed by atoms with E-state index >= 15 is 0 Å². The van der Waals surface area contributed by atoms with Crippen LogP contribution >= 0.6 is 0 Å². The largest absolute Gasteiger partial charge is 0.497 e. The number of ether oxygens (including phenoxy) is 1. The first-order valence-electron chi connectivity index (χ1n) is 8.94. The second kappa shape index (κ2) is 7.97. The molecule has 2 aromatic heterocycles. The van der Waals surface area contributed by atoms with Crippen LogP contribution in [0.3, 0.4) is 0 Å². The Bertz CT molecular complexity index is 865. The molecule has 0 N–H and O–H groups in total. The molecule has 0 saturated heterocycles. The Morgan fingerprint density at radius 2 is 1.92 bits per heavy atom. The molecule has 0 radical (unpaired) electrons. The van der Waals surface area contributed by atoms with E-state index in [-0.39, 0.29) is 0 Å². The number of aromatic nitrogens is 3. The van der Waals surface area contributed by atoms with Gasteiger partial charge in [0, 0.05) is 17.8 Å². The van der Waals surface area contributed by atoms with E-state index in [9.17, 15) is 0 Å². The third kappa shape index (κ3) is 3.58. The number of rotatable bonds is 7. The molecule has 0 spiro atoms. The quantitative estimate of drug-likeness (QED) is 0.579. The Labute approximate surface area is 149 Å². The molecule has 0 fully saturated rings. The highest BCUT2D eigenvalue weighted by Gasteiger charge is 2.16. The van der Waals surface area contributed by atoms with Crippen LogP contribution in [-0.4, -0.2) is 21.6 Å². The molecule has 3 aromatic rings. The van der Waals surface area contributed by atoms with E-state index in [1.165, 1.54) is 11.3 Å². The number of fused-ring (bicyclic) bond motifs is 1. The maximum Gasteiger partial charge on any atom is 0.234 e. The predicted octanol–water partition coefficient (Wildman–Crippen LogP) is 5.41. The molecule has 2 heterocycles. The fraction of sp³-hybridized carbons (Fsp3) is 0.333. The van der Waals surface area contributed by atoms with Crippen molar-refractivity contribution >= 4 is 16.5 Å². The average Bonchev–Trinajstić information content (AvgIpc) is 3.04. The number of hydrogen-bond donors (Lipinski definition) is 0. The zero-order valence-electron chi connectivity index (χ0n) is 15.2. The molecule has 0 unspecified atom stereocenters. The summed E-state index contributed by atoms with van der Waals surface area (Å²) < 4.78 is 7.55. The van der Waals surface area contributed by atoms with Crippen molar-refractivity contribution in [1.29, 1.82) is 0 Å². The molecule has 0 atom stereocenters. The predicted molar refractivity (Wildman–Crippen MR) is 103 cm³/mol. The van der Waals surface area contributed by atoms with Crippen LogP contribution in [0, 0.1) is 0 Å². The van der Waals surface area contributed by atoms with E-state index < -0.39 is 0 Å². The number of nitrogens with zero attached hydrogens (tertiary/aromatic N) is 3. The topological polar surface area (TPSA) is 39.9 Å². The zero-order chi connectivity index (χ0) is 17.6. The van der Waals surface area contributed by atoms with Gasteiger partial charge in [0.1, 0.15) is 5.75 Å². The van der Waals surface area contributed by atoms with Crippen molar-refractivity contribution in [1.82, 2.24) is 14.5 Å². The number of allylic oxidation sites excluding steroid dienone is 2. The first-order valence-corrected chi connectivity index (χ1v) is 8.94.